The van der Waals surface area contributed by atoms with E-state index >= 15 is 0 Å². The number of nitrogens with zero attached hydrogens (tertiary/aromatic N) is 2. The summed E-state index contributed by atoms with van der Waals surface area (Å²) in [7, 11) is 0. The van der Waals surface area contributed by atoms with Gasteiger partial charge in [0.05, 0.1) is 6.33 Å². The van der Waals surface area contributed by atoms with Gasteiger partial charge in [0.1, 0.15) is 0 Å². The summed E-state index contributed by atoms with van der Waals surface area (Å²) in [4.78, 5) is 9.69. The zero-order valence-electron chi connectivity index (χ0n) is 11.1. The lowest BCUT2D eigenvalue weighted by atomic mass is 9.89. The summed E-state index contributed by atoms with van der Waals surface area (Å²) in [6, 6.07) is 0. The first-order valence-electron chi connectivity index (χ1n) is 7.19. The normalized spacial score (nSPS) is 17.4. The third-order valence-corrected chi connectivity index (χ3v) is 3.82. The molecule has 0 amide bonds. The van der Waals surface area contributed by atoms with Gasteiger partial charge in [0.15, 0.2) is 0 Å². The molecule has 4 nitrogen and oxygen atoms in total. The van der Waals surface area contributed by atoms with Crippen LogP contribution in [0.4, 0.5) is 0 Å². The van der Waals surface area contributed by atoms with E-state index in [1.165, 1.54) is 44.3 Å². The Kier molecular flexibility index (Phi) is 5.68. The Morgan fingerprint density at radius 3 is 2.83 bits per heavy atom. The van der Waals surface area contributed by atoms with Crippen molar-refractivity contribution in [1.29, 1.82) is 0 Å². The summed E-state index contributed by atoms with van der Waals surface area (Å²) < 4.78 is 0. The first-order chi connectivity index (χ1) is 8.88. The van der Waals surface area contributed by atoms with Crippen LogP contribution < -0.4 is 0 Å². The molecule has 1 aliphatic carbocycles. The van der Waals surface area contributed by atoms with Crippen molar-refractivity contribution in [2.24, 2.45) is 5.92 Å². The molecule has 2 N–H and O–H groups in total. The van der Waals surface area contributed by atoms with Gasteiger partial charge in [-0.3, -0.25) is 4.90 Å². The third-order valence-electron chi connectivity index (χ3n) is 3.82. The number of H-pyrrole nitrogens is 1. The summed E-state index contributed by atoms with van der Waals surface area (Å²) in [5.41, 5.74) is 1.17. The van der Waals surface area contributed by atoms with E-state index in [9.17, 15) is 0 Å². The zero-order valence-corrected chi connectivity index (χ0v) is 11.1. The van der Waals surface area contributed by atoms with Crippen LogP contribution in [0.5, 0.6) is 0 Å². The van der Waals surface area contributed by atoms with Crippen molar-refractivity contribution in [2.75, 3.05) is 19.7 Å². The topological polar surface area (TPSA) is 52.1 Å². The second-order valence-corrected chi connectivity index (χ2v) is 5.39. The van der Waals surface area contributed by atoms with Crippen molar-refractivity contribution in [3.05, 3.63) is 18.2 Å². The van der Waals surface area contributed by atoms with Gasteiger partial charge in [-0.1, -0.05) is 19.3 Å². The molecule has 0 bridgehead atoms. The van der Waals surface area contributed by atoms with Crippen LogP contribution in [0.1, 0.15) is 44.2 Å². The molecule has 0 atom stereocenters. The first kappa shape index (κ1) is 13.6. The molecule has 0 radical (unpaired) electrons. The van der Waals surface area contributed by atoms with E-state index in [-0.39, 0.29) is 6.61 Å². The van der Waals surface area contributed by atoms with Crippen molar-refractivity contribution < 1.29 is 5.11 Å². The van der Waals surface area contributed by atoms with E-state index in [1.54, 1.807) is 6.33 Å². The number of aliphatic hydroxyl groups is 1. The molecule has 2 rings (SSSR count). The Labute approximate surface area is 109 Å². The van der Waals surface area contributed by atoms with Crippen LogP contribution in [-0.2, 0) is 6.54 Å². The molecule has 0 aromatic carbocycles. The highest BCUT2D eigenvalue weighted by Gasteiger charge is 2.17. The van der Waals surface area contributed by atoms with Crippen LogP contribution in [0.25, 0.3) is 0 Å². The summed E-state index contributed by atoms with van der Waals surface area (Å²) in [6.07, 6.45) is 11.4. The predicted octanol–water partition coefficient (Wildman–Crippen LogP) is 2.17. The SMILES string of the molecule is OCCCN(Cc1cnc[nH]1)CC1CCCCC1. The van der Waals surface area contributed by atoms with Crippen LogP contribution in [0.2, 0.25) is 0 Å². The zero-order chi connectivity index (χ0) is 12.6. The molecule has 1 fully saturated rings. The van der Waals surface area contributed by atoms with Gasteiger partial charge in [-0.15, -0.1) is 0 Å². The maximum atomic E-state index is 9.00. The number of aliphatic hydroxyl groups excluding tert-OH is 1. The van der Waals surface area contributed by atoms with Crippen LogP contribution in [0.3, 0.4) is 0 Å². The smallest absolute Gasteiger partial charge is 0.0922 e. The molecule has 18 heavy (non-hydrogen) atoms. The van der Waals surface area contributed by atoms with Crippen LogP contribution in [0.15, 0.2) is 12.5 Å². The van der Waals surface area contributed by atoms with Gasteiger partial charge >= 0.3 is 0 Å². The highest BCUT2D eigenvalue weighted by atomic mass is 16.3. The highest BCUT2D eigenvalue weighted by molar-refractivity contribution is 4.94. The lowest BCUT2D eigenvalue weighted by Crippen LogP contribution is -2.31. The molecule has 1 saturated carbocycles. The molecule has 1 aromatic heterocycles. The number of aromatic nitrogens is 2. The first-order valence-corrected chi connectivity index (χ1v) is 7.19. The molecule has 0 saturated heterocycles. The monoisotopic (exact) mass is 251 g/mol. The molecular formula is C14H25N3O. The van der Waals surface area contributed by atoms with Crippen molar-refractivity contribution in [3.8, 4) is 0 Å². The van der Waals surface area contributed by atoms with E-state index in [1.807, 2.05) is 6.20 Å². The number of hydrogen-bond acceptors (Lipinski definition) is 3. The van der Waals surface area contributed by atoms with E-state index < -0.39 is 0 Å². The molecule has 102 valence electrons. The average molecular weight is 251 g/mol. The van der Waals surface area contributed by atoms with Crippen molar-refractivity contribution in [3.63, 3.8) is 0 Å². The molecule has 1 aliphatic rings. The molecule has 0 aliphatic heterocycles. The van der Waals surface area contributed by atoms with Gasteiger partial charge in [0, 0.05) is 38.1 Å². The minimum atomic E-state index is 0.282. The highest BCUT2D eigenvalue weighted by Crippen LogP contribution is 2.24. The lowest BCUT2D eigenvalue weighted by molar-refractivity contribution is 0.174. The second-order valence-electron chi connectivity index (χ2n) is 5.39. The summed E-state index contributed by atoms with van der Waals surface area (Å²) in [5, 5.41) is 9.00. The Hall–Kier alpha value is -0.870. The Morgan fingerprint density at radius 2 is 2.17 bits per heavy atom. The van der Waals surface area contributed by atoms with Crippen LogP contribution >= 0.6 is 0 Å². The average Bonchev–Trinajstić information content (AvgIpc) is 2.90. The molecule has 4 heteroatoms. The molecule has 0 unspecified atom stereocenters. The third kappa shape index (κ3) is 4.42. The number of aromatic amines is 1. The van der Waals surface area contributed by atoms with Crippen molar-refractivity contribution in [2.45, 2.75) is 45.1 Å². The minimum Gasteiger partial charge on any atom is -0.396 e. The Bertz CT molecular complexity index is 307. The summed E-state index contributed by atoms with van der Waals surface area (Å²) in [5.74, 6) is 0.848. The number of imidazole rings is 1. The lowest BCUT2D eigenvalue weighted by Gasteiger charge is -2.29. The Morgan fingerprint density at radius 1 is 1.33 bits per heavy atom. The fourth-order valence-electron chi connectivity index (χ4n) is 2.88. The quantitative estimate of drug-likeness (QED) is 0.781. The van der Waals surface area contributed by atoms with Gasteiger partial charge in [-0.25, -0.2) is 4.98 Å². The van der Waals surface area contributed by atoms with Crippen LogP contribution in [0, 0.1) is 5.92 Å². The van der Waals surface area contributed by atoms with E-state index in [0.717, 1.165) is 25.4 Å². The summed E-state index contributed by atoms with van der Waals surface area (Å²) >= 11 is 0. The maximum Gasteiger partial charge on any atom is 0.0922 e. The van der Waals surface area contributed by atoms with Gasteiger partial charge in [0.2, 0.25) is 0 Å². The molecule has 1 heterocycles. The van der Waals surface area contributed by atoms with Crippen molar-refractivity contribution in [1.82, 2.24) is 14.9 Å². The molecule has 0 spiro atoms. The molecular weight excluding hydrogens is 226 g/mol. The maximum absolute atomic E-state index is 9.00. The minimum absolute atomic E-state index is 0.282. The van der Waals surface area contributed by atoms with Gasteiger partial charge in [0.25, 0.3) is 0 Å². The largest absolute Gasteiger partial charge is 0.396 e. The Balaban J connectivity index is 1.83. The van der Waals surface area contributed by atoms with E-state index in [0.29, 0.717) is 0 Å². The van der Waals surface area contributed by atoms with Crippen molar-refractivity contribution >= 4 is 0 Å². The van der Waals surface area contributed by atoms with E-state index in [4.69, 9.17) is 5.11 Å². The standard InChI is InChI=1S/C14H25N3O/c18-8-4-7-17(11-14-9-15-12-16-14)10-13-5-2-1-3-6-13/h9,12-13,18H,1-8,10-11H2,(H,15,16). The number of nitrogens with one attached hydrogen (secondary N) is 1. The van der Waals surface area contributed by atoms with Gasteiger partial charge < -0.3 is 10.1 Å². The van der Waals surface area contributed by atoms with Gasteiger partial charge in [-0.2, -0.15) is 0 Å². The predicted molar refractivity (Wildman–Crippen MR) is 72.1 cm³/mol. The second kappa shape index (κ2) is 7.54. The number of rotatable bonds is 7. The fourth-order valence-corrected chi connectivity index (χ4v) is 2.88. The fraction of sp³-hybridized carbons (Fsp3) is 0.786. The van der Waals surface area contributed by atoms with E-state index in [2.05, 4.69) is 14.9 Å². The summed E-state index contributed by atoms with van der Waals surface area (Å²) in [6.45, 7) is 3.35. The molecule has 1 aromatic rings. The van der Waals surface area contributed by atoms with Crippen LogP contribution in [-0.4, -0.2) is 39.7 Å². The van der Waals surface area contributed by atoms with Gasteiger partial charge in [-0.05, 0) is 25.2 Å². The number of hydrogen-bond donors (Lipinski definition) is 2.